The number of aromatic nitrogens is 4. The number of carbonyl (C=O) groups is 1. The Morgan fingerprint density at radius 1 is 1.20 bits per heavy atom. The summed E-state index contributed by atoms with van der Waals surface area (Å²) in [5, 5.41) is 4.05. The van der Waals surface area contributed by atoms with E-state index in [0.717, 1.165) is 23.0 Å². The van der Waals surface area contributed by atoms with Crippen LogP contribution in [0.3, 0.4) is 0 Å². The number of nitrogens with zero attached hydrogens (tertiary/aromatic N) is 4. The van der Waals surface area contributed by atoms with Gasteiger partial charge in [-0.3, -0.25) is 18.7 Å². The monoisotopic (exact) mass is 451 g/mol. The maximum Gasteiger partial charge on any atom is 0.332 e. The van der Waals surface area contributed by atoms with E-state index in [-0.39, 0.29) is 29.5 Å². The molecule has 1 N–H and O–H groups in total. The molecule has 0 aliphatic rings. The summed E-state index contributed by atoms with van der Waals surface area (Å²) in [6.45, 7) is 2.38. The quantitative estimate of drug-likeness (QED) is 0.596. The van der Waals surface area contributed by atoms with Crippen LogP contribution in [-0.2, 0) is 25.4 Å². The second-order valence-electron chi connectivity index (χ2n) is 7.21. The van der Waals surface area contributed by atoms with Crippen molar-refractivity contribution in [3.63, 3.8) is 0 Å². The minimum Gasteiger partial charge on any atom is -0.354 e. The van der Waals surface area contributed by atoms with Crippen molar-refractivity contribution >= 4 is 40.3 Å². The molecule has 2 aromatic heterocycles. The highest BCUT2D eigenvalue weighted by Gasteiger charge is 2.18. The van der Waals surface area contributed by atoms with E-state index in [1.54, 1.807) is 12.1 Å². The van der Waals surface area contributed by atoms with Gasteiger partial charge in [0.1, 0.15) is 6.54 Å². The van der Waals surface area contributed by atoms with Crippen LogP contribution in [0.15, 0.2) is 34.1 Å². The second kappa shape index (κ2) is 9.06. The Morgan fingerprint density at radius 2 is 1.93 bits per heavy atom. The molecule has 0 spiro atoms. The third-order valence-corrected chi connectivity index (χ3v) is 5.68. The van der Waals surface area contributed by atoms with E-state index >= 15 is 0 Å². The Kier molecular flexibility index (Phi) is 6.67. The summed E-state index contributed by atoms with van der Waals surface area (Å²) in [5.41, 5.74) is 0.424. The van der Waals surface area contributed by atoms with Gasteiger partial charge in [0.2, 0.25) is 5.91 Å². The zero-order valence-electron chi connectivity index (χ0n) is 17.0. The summed E-state index contributed by atoms with van der Waals surface area (Å²) in [6, 6.07) is 5.36. The number of aryl methyl sites for hydroxylation is 1. The fourth-order valence-corrected chi connectivity index (χ4v) is 4.08. The maximum atomic E-state index is 12.6. The highest BCUT2D eigenvalue weighted by atomic mass is 35.5. The summed E-state index contributed by atoms with van der Waals surface area (Å²) in [5.74, 6) is -0.228. The molecule has 0 fully saturated rings. The van der Waals surface area contributed by atoms with E-state index in [4.69, 9.17) is 23.2 Å². The molecule has 3 aromatic rings. The van der Waals surface area contributed by atoms with E-state index in [0.29, 0.717) is 16.6 Å². The normalized spacial score (nSPS) is 12.3. The molecule has 1 aromatic carbocycles. The second-order valence-corrected chi connectivity index (χ2v) is 8.05. The molecular formula is C20H23Cl2N5O3. The van der Waals surface area contributed by atoms with E-state index in [9.17, 15) is 14.4 Å². The van der Waals surface area contributed by atoms with Gasteiger partial charge in [0.25, 0.3) is 5.56 Å². The summed E-state index contributed by atoms with van der Waals surface area (Å²) in [4.78, 5) is 41.3. The number of hydrogen-bond donors (Lipinski definition) is 1. The Morgan fingerprint density at radius 3 is 2.60 bits per heavy atom. The molecule has 30 heavy (non-hydrogen) atoms. The molecule has 1 unspecified atom stereocenters. The molecule has 0 aliphatic carbocycles. The molecule has 2 heterocycles. The minimum absolute atomic E-state index is 0.0388. The number of benzene rings is 1. The van der Waals surface area contributed by atoms with Crippen LogP contribution in [0, 0.1) is 0 Å². The van der Waals surface area contributed by atoms with Gasteiger partial charge in [0.05, 0.1) is 6.33 Å². The number of imidazole rings is 1. The lowest BCUT2D eigenvalue weighted by Crippen LogP contribution is -2.38. The molecule has 0 bridgehead atoms. The van der Waals surface area contributed by atoms with Crippen molar-refractivity contribution in [2.45, 2.75) is 32.2 Å². The van der Waals surface area contributed by atoms with Crippen LogP contribution in [0.4, 0.5) is 0 Å². The van der Waals surface area contributed by atoms with Crippen molar-refractivity contribution in [2.75, 3.05) is 6.54 Å². The van der Waals surface area contributed by atoms with Crippen molar-refractivity contribution in [1.29, 1.82) is 0 Å². The average molecular weight is 452 g/mol. The van der Waals surface area contributed by atoms with Crippen molar-refractivity contribution in [3.8, 4) is 0 Å². The van der Waals surface area contributed by atoms with Crippen molar-refractivity contribution in [2.24, 2.45) is 14.1 Å². The van der Waals surface area contributed by atoms with Crippen LogP contribution in [-0.4, -0.2) is 31.1 Å². The lowest BCUT2D eigenvalue weighted by molar-refractivity contribution is -0.121. The summed E-state index contributed by atoms with van der Waals surface area (Å²) >= 11 is 12.3. The zero-order chi connectivity index (χ0) is 22.0. The molecule has 3 rings (SSSR count). The number of hydrogen-bond acceptors (Lipinski definition) is 4. The van der Waals surface area contributed by atoms with E-state index in [2.05, 4.69) is 17.2 Å². The predicted octanol–water partition coefficient (Wildman–Crippen LogP) is 2.44. The maximum absolute atomic E-state index is 12.6. The molecule has 0 saturated carbocycles. The van der Waals surface area contributed by atoms with Crippen LogP contribution < -0.4 is 16.6 Å². The lowest BCUT2D eigenvalue weighted by atomic mass is 9.94. The molecule has 0 radical (unpaired) electrons. The number of carbonyl (C=O) groups excluding carboxylic acids is 1. The zero-order valence-corrected chi connectivity index (χ0v) is 18.5. The highest BCUT2D eigenvalue weighted by Crippen LogP contribution is 2.30. The minimum atomic E-state index is -0.491. The van der Waals surface area contributed by atoms with E-state index < -0.39 is 11.2 Å². The van der Waals surface area contributed by atoms with Crippen molar-refractivity contribution in [3.05, 3.63) is 61.0 Å². The van der Waals surface area contributed by atoms with Gasteiger partial charge in [-0.25, -0.2) is 9.78 Å². The van der Waals surface area contributed by atoms with Gasteiger partial charge in [0, 0.05) is 36.6 Å². The summed E-state index contributed by atoms with van der Waals surface area (Å²) in [6.07, 6.45) is 3.17. The molecule has 160 valence electrons. The van der Waals surface area contributed by atoms with Crippen LogP contribution >= 0.6 is 23.2 Å². The average Bonchev–Trinajstić information content (AvgIpc) is 3.12. The molecule has 0 saturated heterocycles. The van der Waals surface area contributed by atoms with Crippen molar-refractivity contribution < 1.29 is 4.79 Å². The van der Waals surface area contributed by atoms with E-state index in [1.807, 2.05) is 6.07 Å². The van der Waals surface area contributed by atoms with Crippen molar-refractivity contribution in [1.82, 2.24) is 24.0 Å². The topological polar surface area (TPSA) is 90.9 Å². The fourth-order valence-electron chi connectivity index (χ4n) is 3.51. The number of rotatable bonds is 7. The number of nitrogens with one attached hydrogen (secondary N) is 1. The first kappa shape index (κ1) is 22.1. The Bertz CT molecular complexity index is 1210. The Balaban J connectivity index is 1.78. The van der Waals surface area contributed by atoms with Gasteiger partial charge in [-0.15, -0.1) is 0 Å². The highest BCUT2D eigenvalue weighted by molar-refractivity contribution is 6.35. The third-order valence-electron chi connectivity index (χ3n) is 5.12. The number of halogens is 2. The molecule has 10 heteroatoms. The van der Waals surface area contributed by atoms with Gasteiger partial charge in [0.15, 0.2) is 11.2 Å². The van der Waals surface area contributed by atoms with Gasteiger partial charge in [-0.05, 0) is 24.1 Å². The SMILES string of the molecule is CCCC(CNC(=O)Cn1cnc2c1c(=O)n(C)c(=O)n2C)c1ccc(Cl)cc1Cl. The van der Waals surface area contributed by atoms with Crippen LogP contribution in [0.2, 0.25) is 10.0 Å². The van der Waals surface area contributed by atoms with Crippen LogP contribution in [0.1, 0.15) is 31.2 Å². The Hall–Kier alpha value is -2.58. The van der Waals surface area contributed by atoms with Gasteiger partial charge in [-0.2, -0.15) is 0 Å². The first-order valence-electron chi connectivity index (χ1n) is 9.57. The molecule has 1 atom stereocenters. The van der Waals surface area contributed by atoms with Gasteiger partial charge in [-0.1, -0.05) is 42.6 Å². The van der Waals surface area contributed by atoms with E-state index in [1.165, 1.54) is 29.6 Å². The summed E-state index contributed by atoms with van der Waals surface area (Å²) < 4.78 is 3.74. The van der Waals surface area contributed by atoms with Gasteiger partial charge < -0.3 is 9.88 Å². The first-order valence-corrected chi connectivity index (χ1v) is 10.3. The Labute approximate surface area is 183 Å². The third kappa shape index (κ3) is 4.29. The lowest BCUT2D eigenvalue weighted by Gasteiger charge is -2.19. The smallest absolute Gasteiger partial charge is 0.332 e. The fraction of sp³-hybridized carbons (Fsp3) is 0.400. The number of fused-ring (bicyclic) bond motifs is 1. The molecular weight excluding hydrogens is 429 g/mol. The number of amides is 1. The van der Waals surface area contributed by atoms with Gasteiger partial charge >= 0.3 is 5.69 Å². The largest absolute Gasteiger partial charge is 0.354 e. The predicted molar refractivity (Wildman–Crippen MR) is 117 cm³/mol. The van der Waals surface area contributed by atoms with Crippen LogP contribution in [0.25, 0.3) is 11.2 Å². The molecule has 0 aliphatic heterocycles. The van der Waals surface area contributed by atoms with Crippen LogP contribution in [0.5, 0.6) is 0 Å². The standard InChI is InChI=1S/C20H23Cl2N5O3/c1-4-5-12(14-7-6-13(21)8-15(14)22)9-23-16(28)10-27-11-24-18-17(27)19(29)26(3)20(30)25(18)2/h6-8,11-12H,4-5,9-10H2,1-3H3,(H,23,28). The molecule has 1 amide bonds. The molecule has 8 nitrogen and oxygen atoms in total. The summed E-state index contributed by atoms with van der Waals surface area (Å²) in [7, 11) is 2.93. The first-order chi connectivity index (χ1) is 14.2.